The molecule has 3 rings (SSSR count). The first-order valence-electron chi connectivity index (χ1n) is 7.11. The van der Waals surface area contributed by atoms with Gasteiger partial charge in [-0.25, -0.2) is 4.98 Å². The third-order valence-electron chi connectivity index (χ3n) is 3.15. The fourth-order valence-corrected chi connectivity index (χ4v) is 2.90. The first-order valence-corrected chi connectivity index (χ1v) is 7.99. The van der Waals surface area contributed by atoms with Gasteiger partial charge in [-0.05, 0) is 30.7 Å². The summed E-state index contributed by atoms with van der Waals surface area (Å²) in [6, 6.07) is 18.4. The zero-order valence-electron chi connectivity index (χ0n) is 12.0. The third-order valence-corrected chi connectivity index (χ3v) is 4.04. The van der Waals surface area contributed by atoms with Crippen LogP contribution in [0.4, 0.5) is 0 Å². The fraction of sp³-hybridized carbons (Fsp3) is 0.167. The maximum Gasteiger partial charge on any atom is 0.124 e. The number of rotatable bonds is 5. The van der Waals surface area contributed by atoms with Crippen molar-refractivity contribution in [3.05, 3.63) is 60.0 Å². The molecule has 0 amide bonds. The number of aromatic nitrogens is 1. The molecule has 21 heavy (non-hydrogen) atoms. The van der Waals surface area contributed by atoms with Gasteiger partial charge in [-0.1, -0.05) is 37.3 Å². The summed E-state index contributed by atoms with van der Waals surface area (Å²) in [5.41, 5.74) is 3.32. The van der Waals surface area contributed by atoms with E-state index in [1.54, 1.807) is 11.3 Å². The van der Waals surface area contributed by atoms with E-state index in [9.17, 15) is 0 Å². The summed E-state index contributed by atoms with van der Waals surface area (Å²) in [5.74, 6) is 0.917. The van der Waals surface area contributed by atoms with E-state index in [1.165, 1.54) is 0 Å². The van der Waals surface area contributed by atoms with Crippen LogP contribution in [-0.2, 0) is 0 Å². The Morgan fingerprint density at radius 1 is 0.952 bits per heavy atom. The van der Waals surface area contributed by atoms with Crippen LogP contribution in [0.25, 0.3) is 21.8 Å². The maximum atomic E-state index is 5.60. The molecule has 0 atom stereocenters. The molecule has 0 aliphatic heterocycles. The van der Waals surface area contributed by atoms with Gasteiger partial charge in [0, 0.05) is 16.5 Å². The van der Waals surface area contributed by atoms with Crippen molar-refractivity contribution in [1.29, 1.82) is 0 Å². The molecule has 0 saturated heterocycles. The van der Waals surface area contributed by atoms with Gasteiger partial charge in [-0.15, -0.1) is 11.3 Å². The van der Waals surface area contributed by atoms with E-state index >= 15 is 0 Å². The zero-order valence-corrected chi connectivity index (χ0v) is 12.8. The monoisotopic (exact) mass is 295 g/mol. The average Bonchev–Trinajstić information content (AvgIpc) is 3.04. The van der Waals surface area contributed by atoms with Crippen molar-refractivity contribution < 1.29 is 4.74 Å². The highest BCUT2D eigenvalue weighted by atomic mass is 32.1. The van der Waals surface area contributed by atoms with E-state index in [-0.39, 0.29) is 0 Å². The molecule has 1 heterocycles. The topological polar surface area (TPSA) is 22.1 Å². The van der Waals surface area contributed by atoms with Crippen molar-refractivity contribution in [2.24, 2.45) is 0 Å². The first kappa shape index (κ1) is 13.8. The number of nitrogens with zero attached hydrogens (tertiary/aromatic N) is 1. The molecular formula is C18H17NOS. The van der Waals surface area contributed by atoms with E-state index in [1.807, 2.05) is 30.3 Å². The van der Waals surface area contributed by atoms with Crippen molar-refractivity contribution in [1.82, 2.24) is 4.98 Å². The van der Waals surface area contributed by atoms with Crippen LogP contribution < -0.4 is 4.74 Å². The van der Waals surface area contributed by atoms with Crippen LogP contribution in [-0.4, -0.2) is 11.6 Å². The standard InChI is InChI=1S/C18H17NOS/c1-2-12-20-16-10-8-15(9-11-16)18-19-17(13-21-18)14-6-4-3-5-7-14/h3-11,13H,2,12H2,1H3. The smallest absolute Gasteiger partial charge is 0.124 e. The largest absolute Gasteiger partial charge is 0.494 e. The van der Waals surface area contributed by atoms with Gasteiger partial charge in [-0.3, -0.25) is 0 Å². The van der Waals surface area contributed by atoms with Gasteiger partial charge in [0.15, 0.2) is 0 Å². The van der Waals surface area contributed by atoms with Crippen molar-refractivity contribution >= 4 is 11.3 Å². The molecule has 0 spiro atoms. The highest BCUT2D eigenvalue weighted by Gasteiger charge is 2.06. The van der Waals surface area contributed by atoms with E-state index in [0.717, 1.165) is 40.6 Å². The quantitative estimate of drug-likeness (QED) is 0.640. The molecule has 3 aromatic rings. The Morgan fingerprint density at radius 3 is 2.43 bits per heavy atom. The molecule has 0 aliphatic rings. The van der Waals surface area contributed by atoms with Gasteiger partial charge in [-0.2, -0.15) is 0 Å². The summed E-state index contributed by atoms with van der Waals surface area (Å²) in [7, 11) is 0. The van der Waals surface area contributed by atoms with Crippen LogP contribution in [0.15, 0.2) is 60.0 Å². The van der Waals surface area contributed by atoms with Crippen molar-refractivity contribution in [3.63, 3.8) is 0 Å². The highest BCUT2D eigenvalue weighted by Crippen LogP contribution is 2.29. The van der Waals surface area contributed by atoms with E-state index in [4.69, 9.17) is 9.72 Å². The number of hydrogen-bond acceptors (Lipinski definition) is 3. The Balaban J connectivity index is 1.80. The minimum atomic E-state index is 0.759. The minimum absolute atomic E-state index is 0.759. The SMILES string of the molecule is CCCOc1ccc(-c2nc(-c3ccccc3)cs2)cc1. The second kappa shape index (κ2) is 6.55. The normalized spacial score (nSPS) is 10.5. The summed E-state index contributed by atoms with van der Waals surface area (Å²) in [6.07, 6.45) is 1.02. The lowest BCUT2D eigenvalue weighted by molar-refractivity contribution is 0.317. The Kier molecular flexibility index (Phi) is 4.31. The van der Waals surface area contributed by atoms with E-state index in [2.05, 4.69) is 36.6 Å². The summed E-state index contributed by atoms with van der Waals surface area (Å²) in [6.45, 7) is 2.86. The molecule has 0 fully saturated rings. The lowest BCUT2D eigenvalue weighted by Gasteiger charge is -2.04. The molecule has 0 aliphatic carbocycles. The number of hydrogen-bond donors (Lipinski definition) is 0. The van der Waals surface area contributed by atoms with Crippen LogP contribution in [0.1, 0.15) is 13.3 Å². The number of thiazole rings is 1. The lowest BCUT2D eigenvalue weighted by atomic mass is 10.2. The van der Waals surface area contributed by atoms with Gasteiger partial charge >= 0.3 is 0 Å². The van der Waals surface area contributed by atoms with Crippen LogP contribution in [0.2, 0.25) is 0 Å². The Labute approximate surface area is 129 Å². The molecule has 106 valence electrons. The summed E-state index contributed by atoms with van der Waals surface area (Å²) in [5, 5.41) is 3.14. The first-order chi connectivity index (χ1) is 10.4. The average molecular weight is 295 g/mol. The van der Waals surface area contributed by atoms with Crippen molar-refractivity contribution in [2.75, 3.05) is 6.61 Å². The van der Waals surface area contributed by atoms with Crippen LogP contribution in [0.5, 0.6) is 5.75 Å². The van der Waals surface area contributed by atoms with Gasteiger partial charge in [0.25, 0.3) is 0 Å². The summed E-state index contributed by atoms with van der Waals surface area (Å²) < 4.78 is 5.60. The molecule has 1 aromatic heterocycles. The van der Waals surface area contributed by atoms with Crippen LogP contribution >= 0.6 is 11.3 Å². The maximum absolute atomic E-state index is 5.60. The predicted octanol–water partition coefficient (Wildman–Crippen LogP) is 5.27. The molecule has 0 bridgehead atoms. The third kappa shape index (κ3) is 3.31. The van der Waals surface area contributed by atoms with Gasteiger partial charge in [0.05, 0.1) is 12.3 Å². The molecule has 0 unspecified atom stereocenters. The van der Waals surface area contributed by atoms with Crippen molar-refractivity contribution in [3.8, 4) is 27.6 Å². The molecule has 2 nitrogen and oxygen atoms in total. The number of ether oxygens (including phenoxy) is 1. The summed E-state index contributed by atoms with van der Waals surface area (Å²) >= 11 is 1.67. The second-order valence-corrected chi connectivity index (χ2v) is 5.63. The zero-order chi connectivity index (χ0) is 14.5. The molecule has 3 heteroatoms. The molecule has 2 aromatic carbocycles. The van der Waals surface area contributed by atoms with Gasteiger partial charge in [0.1, 0.15) is 10.8 Å². The number of benzene rings is 2. The fourth-order valence-electron chi connectivity index (χ4n) is 2.06. The van der Waals surface area contributed by atoms with Crippen molar-refractivity contribution in [2.45, 2.75) is 13.3 Å². The molecular weight excluding hydrogens is 278 g/mol. The predicted molar refractivity (Wildman–Crippen MR) is 88.8 cm³/mol. The summed E-state index contributed by atoms with van der Waals surface area (Å²) in [4.78, 5) is 4.72. The second-order valence-electron chi connectivity index (χ2n) is 4.78. The molecule has 0 saturated carbocycles. The molecule has 0 N–H and O–H groups in total. The Bertz CT molecular complexity index is 689. The Morgan fingerprint density at radius 2 is 1.71 bits per heavy atom. The van der Waals surface area contributed by atoms with Gasteiger partial charge < -0.3 is 4.74 Å². The van der Waals surface area contributed by atoms with E-state index in [0.29, 0.717) is 0 Å². The van der Waals surface area contributed by atoms with Gasteiger partial charge in [0.2, 0.25) is 0 Å². The van der Waals surface area contributed by atoms with Crippen LogP contribution in [0, 0.1) is 0 Å². The lowest BCUT2D eigenvalue weighted by Crippen LogP contribution is -1.94. The highest BCUT2D eigenvalue weighted by molar-refractivity contribution is 7.13. The van der Waals surface area contributed by atoms with Crippen LogP contribution in [0.3, 0.4) is 0 Å². The minimum Gasteiger partial charge on any atom is -0.494 e. The van der Waals surface area contributed by atoms with E-state index < -0.39 is 0 Å². The molecule has 0 radical (unpaired) electrons. The Hall–Kier alpha value is -2.13.